The summed E-state index contributed by atoms with van der Waals surface area (Å²) >= 11 is 2.04. The van der Waals surface area contributed by atoms with Crippen LogP contribution in [0.15, 0.2) is 34.7 Å². The largest absolute Gasteiger partial charge is 0.508 e. The van der Waals surface area contributed by atoms with Gasteiger partial charge in [0.15, 0.2) is 3.77 Å². The highest BCUT2D eigenvalue weighted by Gasteiger charge is 2.14. The van der Waals surface area contributed by atoms with E-state index in [1.165, 1.54) is 12.1 Å². The topological polar surface area (TPSA) is 88.5 Å². The Kier molecular flexibility index (Phi) is 3.70. The van der Waals surface area contributed by atoms with Gasteiger partial charge in [-0.05, 0) is 46.9 Å². The van der Waals surface area contributed by atoms with Gasteiger partial charge in [0, 0.05) is 0 Å². The van der Waals surface area contributed by atoms with Crippen LogP contribution in [0.3, 0.4) is 0 Å². The Morgan fingerprint density at radius 3 is 2.78 bits per heavy atom. The highest BCUT2D eigenvalue weighted by Crippen LogP contribution is 2.28. The molecule has 2 aromatic rings. The van der Waals surface area contributed by atoms with E-state index in [1.54, 1.807) is 6.07 Å². The lowest BCUT2D eigenvalue weighted by Crippen LogP contribution is -2.01. The van der Waals surface area contributed by atoms with Crippen LogP contribution in [0.1, 0.15) is 5.76 Å². The summed E-state index contributed by atoms with van der Waals surface area (Å²) in [5.41, 5.74) is 0.167. The molecule has 0 saturated carbocycles. The maximum atomic E-state index is 10.8. The van der Waals surface area contributed by atoms with E-state index >= 15 is 0 Å². The molecule has 0 bridgehead atoms. The van der Waals surface area contributed by atoms with Crippen molar-refractivity contribution in [3.8, 4) is 5.75 Å². The first-order valence-electron chi connectivity index (χ1n) is 5.02. The minimum absolute atomic E-state index is 0.139. The second-order valence-electron chi connectivity index (χ2n) is 3.52. The normalized spacial score (nSPS) is 10.3. The van der Waals surface area contributed by atoms with Gasteiger partial charge in [0.1, 0.15) is 17.2 Å². The van der Waals surface area contributed by atoms with Crippen LogP contribution in [-0.2, 0) is 6.54 Å². The van der Waals surface area contributed by atoms with Gasteiger partial charge in [-0.2, -0.15) is 0 Å². The Hall–Kier alpha value is -1.77. The molecule has 0 atom stereocenters. The molecule has 7 heteroatoms. The second kappa shape index (κ2) is 5.25. The molecule has 2 N–H and O–H groups in total. The van der Waals surface area contributed by atoms with Crippen molar-refractivity contribution in [2.45, 2.75) is 6.54 Å². The summed E-state index contributed by atoms with van der Waals surface area (Å²) in [5.74, 6) is 0.543. The first-order valence-corrected chi connectivity index (χ1v) is 6.09. The number of furan rings is 1. The van der Waals surface area contributed by atoms with Gasteiger partial charge in [0.05, 0.1) is 17.5 Å². The third kappa shape index (κ3) is 2.92. The standard InChI is InChI=1S/C11H9IN2O4/c12-11-4-2-8(18-11)6-13-9-3-1-7(15)5-10(9)14(16)17/h1-5,13,15H,6H2. The van der Waals surface area contributed by atoms with E-state index in [9.17, 15) is 15.2 Å². The second-order valence-corrected chi connectivity index (χ2v) is 4.58. The van der Waals surface area contributed by atoms with E-state index in [-0.39, 0.29) is 11.4 Å². The fraction of sp³-hybridized carbons (Fsp3) is 0.0909. The molecule has 0 aliphatic heterocycles. The van der Waals surface area contributed by atoms with E-state index in [0.717, 1.165) is 9.83 Å². The summed E-state index contributed by atoms with van der Waals surface area (Å²) in [6, 6.07) is 7.56. The SMILES string of the molecule is O=[N+]([O-])c1cc(O)ccc1NCc1ccc(I)o1. The van der Waals surface area contributed by atoms with Gasteiger partial charge in [0.2, 0.25) is 0 Å². The molecule has 1 aromatic heterocycles. The first-order chi connectivity index (χ1) is 8.56. The average Bonchev–Trinajstić information content (AvgIpc) is 2.73. The summed E-state index contributed by atoms with van der Waals surface area (Å²) in [5, 5.41) is 22.9. The molecule has 0 spiro atoms. The first kappa shape index (κ1) is 12.7. The lowest BCUT2D eigenvalue weighted by atomic mass is 10.2. The number of benzene rings is 1. The van der Waals surface area contributed by atoms with Gasteiger partial charge in [0.25, 0.3) is 5.69 Å². The summed E-state index contributed by atoms with van der Waals surface area (Å²) in [6.07, 6.45) is 0. The summed E-state index contributed by atoms with van der Waals surface area (Å²) in [4.78, 5) is 10.3. The van der Waals surface area contributed by atoms with Crippen molar-refractivity contribution in [3.05, 3.63) is 50.0 Å². The van der Waals surface area contributed by atoms with Crippen molar-refractivity contribution in [1.82, 2.24) is 0 Å². The molecular weight excluding hydrogens is 351 g/mol. The molecule has 0 aliphatic carbocycles. The Labute approximate surface area is 116 Å². The number of phenols is 1. The Morgan fingerprint density at radius 2 is 2.17 bits per heavy atom. The van der Waals surface area contributed by atoms with E-state index < -0.39 is 4.92 Å². The Bertz CT molecular complexity index is 582. The molecule has 0 fully saturated rings. The zero-order valence-corrected chi connectivity index (χ0v) is 11.2. The molecule has 1 heterocycles. The van der Waals surface area contributed by atoms with E-state index in [0.29, 0.717) is 18.0 Å². The highest BCUT2D eigenvalue weighted by molar-refractivity contribution is 14.1. The molecule has 18 heavy (non-hydrogen) atoms. The maximum absolute atomic E-state index is 10.8. The molecule has 2 rings (SSSR count). The molecular formula is C11H9IN2O4. The Morgan fingerprint density at radius 1 is 1.39 bits per heavy atom. The van der Waals surface area contributed by atoms with E-state index in [2.05, 4.69) is 5.32 Å². The number of rotatable bonds is 4. The number of halogens is 1. The van der Waals surface area contributed by atoms with Crippen molar-refractivity contribution in [3.63, 3.8) is 0 Å². The van der Waals surface area contributed by atoms with Crippen LogP contribution >= 0.6 is 22.6 Å². The zero-order valence-electron chi connectivity index (χ0n) is 9.09. The van der Waals surface area contributed by atoms with Crippen molar-refractivity contribution < 1.29 is 14.4 Å². The van der Waals surface area contributed by atoms with Crippen LogP contribution in [0.4, 0.5) is 11.4 Å². The number of anilines is 1. The number of hydrogen-bond acceptors (Lipinski definition) is 5. The van der Waals surface area contributed by atoms with Gasteiger partial charge < -0.3 is 14.8 Å². The zero-order chi connectivity index (χ0) is 13.1. The quantitative estimate of drug-likeness (QED) is 0.379. The summed E-state index contributed by atoms with van der Waals surface area (Å²) in [6.45, 7) is 0.342. The van der Waals surface area contributed by atoms with Gasteiger partial charge in [-0.15, -0.1) is 0 Å². The smallest absolute Gasteiger partial charge is 0.296 e. The van der Waals surface area contributed by atoms with Crippen LogP contribution in [0.5, 0.6) is 5.75 Å². The van der Waals surface area contributed by atoms with Gasteiger partial charge in [-0.25, -0.2) is 0 Å². The molecule has 0 saturated heterocycles. The molecule has 0 unspecified atom stereocenters. The lowest BCUT2D eigenvalue weighted by molar-refractivity contribution is -0.384. The lowest BCUT2D eigenvalue weighted by Gasteiger charge is -2.05. The maximum Gasteiger partial charge on any atom is 0.296 e. The number of phenolic OH excluding ortho intramolecular Hbond substituents is 1. The highest BCUT2D eigenvalue weighted by atomic mass is 127. The molecule has 0 amide bonds. The molecule has 1 aromatic carbocycles. The van der Waals surface area contributed by atoms with Gasteiger partial charge in [-0.1, -0.05) is 0 Å². The third-order valence-corrected chi connectivity index (χ3v) is 2.84. The number of nitrogens with zero attached hydrogens (tertiary/aromatic N) is 1. The Balaban J connectivity index is 2.16. The van der Waals surface area contributed by atoms with Crippen molar-refractivity contribution in [2.75, 3.05) is 5.32 Å². The third-order valence-electron chi connectivity index (χ3n) is 2.26. The van der Waals surface area contributed by atoms with Crippen LogP contribution < -0.4 is 5.32 Å². The fourth-order valence-electron chi connectivity index (χ4n) is 1.45. The minimum atomic E-state index is -0.548. The molecule has 6 nitrogen and oxygen atoms in total. The van der Waals surface area contributed by atoms with Crippen LogP contribution in [-0.4, -0.2) is 10.0 Å². The van der Waals surface area contributed by atoms with Gasteiger partial charge in [-0.3, -0.25) is 10.1 Å². The van der Waals surface area contributed by atoms with Crippen molar-refractivity contribution in [1.29, 1.82) is 0 Å². The number of nitrogens with one attached hydrogen (secondary N) is 1. The van der Waals surface area contributed by atoms with Crippen molar-refractivity contribution in [2.24, 2.45) is 0 Å². The number of hydrogen-bond donors (Lipinski definition) is 2. The predicted octanol–water partition coefficient (Wildman–Crippen LogP) is 3.11. The monoisotopic (exact) mass is 360 g/mol. The predicted molar refractivity (Wildman–Crippen MR) is 73.5 cm³/mol. The van der Waals surface area contributed by atoms with E-state index in [1.807, 2.05) is 28.7 Å². The van der Waals surface area contributed by atoms with Crippen molar-refractivity contribution >= 4 is 34.0 Å². The average molecular weight is 360 g/mol. The molecule has 94 valence electrons. The minimum Gasteiger partial charge on any atom is -0.508 e. The fourth-order valence-corrected chi connectivity index (χ4v) is 1.91. The van der Waals surface area contributed by atoms with Crippen LogP contribution in [0, 0.1) is 13.9 Å². The summed E-state index contributed by atoms with van der Waals surface area (Å²) < 4.78 is 6.09. The number of aromatic hydroxyl groups is 1. The van der Waals surface area contributed by atoms with Crippen LogP contribution in [0.2, 0.25) is 0 Å². The number of nitro benzene ring substituents is 1. The summed E-state index contributed by atoms with van der Waals surface area (Å²) in [7, 11) is 0. The number of nitro groups is 1. The van der Waals surface area contributed by atoms with Gasteiger partial charge >= 0.3 is 0 Å². The van der Waals surface area contributed by atoms with Crippen LogP contribution in [0.25, 0.3) is 0 Å². The molecule has 0 radical (unpaired) electrons. The molecule has 0 aliphatic rings. The van der Waals surface area contributed by atoms with E-state index in [4.69, 9.17) is 4.42 Å².